The summed E-state index contributed by atoms with van der Waals surface area (Å²) in [6.07, 6.45) is 0.166. The van der Waals surface area contributed by atoms with Gasteiger partial charge >= 0.3 is 6.03 Å². The van der Waals surface area contributed by atoms with E-state index in [1.807, 2.05) is 66.7 Å². The molecular formula is C24H23N3O3. The summed E-state index contributed by atoms with van der Waals surface area (Å²) in [6.45, 7) is 2.30. The van der Waals surface area contributed by atoms with Crippen molar-refractivity contribution in [1.29, 1.82) is 0 Å². The second-order valence-corrected chi connectivity index (χ2v) is 7.11. The molecule has 6 heteroatoms. The lowest BCUT2D eigenvalue weighted by Crippen LogP contribution is -2.45. The van der Waals surface area contributed by atoms with Crippen LogP contribution in [0.5, 0.6) is 5.75 Å². The van der Waals surface area contributed by atoms with Gasteiger partial charge in [0.15, 0.2) is 6.10 Å². The Hall–Kier alpha value is -3.80. The first-order chi connectivity index (χ1) is 14.6. The Morgan fingerprint density at radius 3 is 2.33 bits per heavy atom. The first kappa shape index (κ1) is 19.5. The Morgan fingerprint density at radius 1 is 0.933 bits per heavy atom. The van der Waals surface area contributed by atoms with Gasteiger partial charge in [-0.1, -0.05) is 48.5 Å². The third-order valence-electron chi connectivity index (χ3n) is 4.92. The van der Waals surface area contributed by atoms with Crippen molar-refractivity contribution in [1.82, 2.24) is 0 Å². The number of carbonyl (C=O) groups excluding carboxylic acids is 2. The Labute approximate surface area is 175 Å². The maximum Gasteiger partial charge on any atom is 0.323 e. The average molecular weight is 401 g/mol. The van der Waals surface area contributed by atoms with Crippen LogP contribution in [-0.2, 0) is 11.2 Å². The fourth-order valence-corrected chi connectivity index (χ4v) is 3.42. The molecule has 30 heavy (non-hydrogen) atoms. The summed E-state index contributed by atoms with van der Waals surface area (Å²) in [5.41, 5.74) is 3.17. The number of hydrogen-bond acceptors (Lipinski definition) is 3. The van der Waals surface area contributed by atoms with E-state index >= 15 is 0 Å². The number of nitrogens with zero attached hydrogens (tertiary/aromatic N) is 1. The van der Waals surface area contributed by atoms with Crippen molar-refractivity contribution < 1.29 is 14.3 Å². The minimum Gasteiger partial charge on any atom is -0.479 e. The highest BCUT2D eigenvalue weighted by atomic mass is 16.5. The Morgan fingerprint density at radius 2 is 1.60 bits per heavy atom. The molecule has 1 atom stereocenters. The van der Waals surface area contributed by atoms with Crippen molar-refractivity contribution in [2.75, 3.05) is 22.1 Å². The molecule has 3 aromatic rings. The van der Waals surface area contributed by atoms with Gasteiger partial charge in [0.2, 0.25) is 0 Å². The molecule has 1 unspecified atom stereocenters. The van der Waals surface area contributed by atoms with Gasteiger partial charge in [-0.2, -0.15) is 0 Å². The minimum absolute atomic E-state index is 0.0686. The van der Waals surface area contributed by atoms with Gasteiger partial charge in [-0.3, -0.25) is 4.79 Å². The number of nitrogens with one attached hydrogen (secondary N) is 2. The molecule has 0 fully saturated rings. The van der Waals surface area contributed by atoms with Crippen LogP contribution in [0.2, 0.25) is 0 Å². The standard InChI is InChI=1S/C24H23N3O3/c1-17-23(28)27(15-14-18-8-4-2-5-9-18)21-13-12-20(16-22(21)30-17)26-24(29)25-19-10-6-3-7-11-19/h2-13,16-17H,14-15H2,1H3,(H2,25,26,29). The fourth-order valence-electron chi connectivity index (χ4n) is 3.42. The third kappa shape index (κ3) is 4.43. The van der Waals surface area contributed by atoms with Crippen LogP contribution < -0.4 is 20.3 Å². The second kappa shape index (κ2) is 8.69. The van der Waals surface area contributed by atoms with Crippen LogP contribution >= 0.6 is 0 Å². The van der Waals surface area contributed by atoms with Crippen molar-refractivity contribution in [3.8, 4) is 5.75 Å². The first-order valence-corrected chi connectivity index (χ1v) is 9.89. The van der Waals surface area contributed by atoms with Crippen molar-refractivity contribution in [3.05, 3.63) is 84.4 Å². The zero-order chi connectivity index (χ0) is 20.9. The van der Waals surface area contributed by atoms with E-state index < -0.39 is 6.10 Å². The van der Waals surface area contributed by atoms with E-state index in [9.17, 15) is 9.59 Å². The molecule has 0 saturated carbocycles. The van der Waals surface area contributed by atoms with Crippen molar-refractivity contribution in [2.45, 2.75) is 19.4 Å². The molecule has 2 N–H and O–H groups in total. The summed E-state index contributed by atoms with van der Waals surface area (Å²) in [6, 6.07) is 24.3. The third-order valence-corrected chi connectivity index (χ3v) is 4.92. The molecule has 0 aliphatic carbocycles. The van der Waals surface area contributed by atoms with Gasteiger partial charge in [0, 0.05) is 24.0 Å². The number of amides is 3. The summed E-state index contributed by atoms with van der Waals surface area (Å²) in [5.74, 6) is 0.508. The number of anilines is 3. The van der Waals surface area contributed by atoms with E-state index in [0.717, 1.165) is 6.42 Å². The summed E-state index contributed by atoms with van der Waals surface area (Å²) in [7, 11) is 0. The summed E-state index contributed by atoms with van der Waals surface area (Å²) < 4.78 is 5.80. The molecule has 3 aromatic carbocycles. The minimum atomic E-state index is -0.582. The maximum atomic E-state index is 12.7. The molecule has 1 aliphatic heterocycles. The van der Waals surface area contributed by atoms with Gasteiger partial charge in [0.05, 0.1) is 5.69 Å². The number of benzene rings is 3. The van der Waals surface area contributed by atoms with Gasteiger partial charge in [0.25, 0.3) is 5.91 Å². The normalized spacial score (nSPS) is 15.2. The molecule has 0 bridgehead atoms. The molecule has 0 aromatic heterocycles. The predicted molar refractivity (Wildman–Crippen MR) is 118 cm³/mol. The van der Waals surface area contributed by atoms with E-state index in [0.29, 0.717) is 29.4 Å². The van der Waals surface area contributed by atoms with Crippen LogP contribution in [0.4, 0.5) is 21.9 Å². The van der Waals surface area contributed by atoms with Crippen LogP contribution in [-0.4, -0.2) is 24.6 Å². The zero-order valence-electron chi connectivity index (χ0n) is 16.7. The smallest absolute Gasteiger partial charge is 0.323 e. The molecule has 4 rings (SSSR count). The van der Waals surface area contributed by atoms with E-state index in [2.05, 4.69) is 10.6 Å². The molecule has 0 saturated heterocycles. The number of carbonyl (C=O) groups is 2. The number of urea groups is 1. The van der Waals surface area contributed by atoms with Crippen molar-refractivity contribution >= 4 is 29.0 Å². The monoisotopic (exact) mass is 401 g/mol. The van der Waals surface area contributed by atoms with Crippen LogP contribution in [0.15, 0.2) is 78.9 Å². The maximum absolute atomic E-state index is 12.7. The molecule has 1 heterocycles. The molecule has 6 nitrogen and oxygen atoms in total. The Kier molecular flexibility index (Phi) is 5.66. The van der Waals surface area contributed by atoms with Crippen molar-refractivity contribution in [3.63, 3.8) is 0 Å². The summed E-state index contributed by atoms with van der Waals surface area (Å²) in [5, 5.41) is 5.58. The van der Waals surface area contributed by atoms with E-state index in [4.69, 9.17) is 4.74 Å². The lowest BCUT2D eigenvalue weighted by molar-refractivity contribution is -0.125. The zero-order valence-corrected chi connectivity index (χ0v) is 16.7. The van der Waals surface area contributed by atoms with Gasteiger partial charge < -0.3 is 20.3 Å². The average Bonchev–Trinajstić information content (AvgIpc) is 2.75. The number of rotatable bonds is 5. The lowest BCUT2D eigenvalue weighted by Gasteiger charge is -2.33. The van der Waals surface area contributed by atoms with Gasteiger partial charge in [-0.05, 0) is 43.2 Å². The Bertz CT molecular complexity index is 1040. The van der Waals surface area contributed by atoms with E-state index in [1.54, 1.807) is 24.0 Å². The number of ether oxygens (including phenoxy) is 1. The van der Waals surface area contributed by atoms with Gasteiger partial charge in [-0.25, -0.2) is 4.79 Å². The van der Waals surface area contributed by atoms with Gasteiger partial charge in [0.1, 0.15) is 5.75 Å². The van der Waals surface area contributed by atoms with E-state index in [1.165, 1.54) is 5.56 Å². The molecule has 3 amide bonds. The SMILES string of the molecule is CC1Oc2cc(NC(=O)Nc3ccccc3)ccc2N(CCc2ccccc2)C1=O. The van der Waals surface area contributed by atoms with Crippen molar-refractivity contribution in [2.24, 2.45) is 0 Å². The van der Waals surface area contributed by atoms with Crippen LogP contribution in [0, 0.1) is 0 Å². The first-order valence-electron chi connectivity index (χ1n) is 9.89. The van der Waals surface area contributed by atoms with Crippen LogP contribution in [0.1, 0.15) is 12.5 Å². The molecule has 152 valence electrons. The number of para-hydroxylation sites is 1. The second-order valence-electron chi connectivity index (χ2n) is 7.11. The molecular weight excluding hydrogens is 378 g/mol. The Balaban J connectivity index is 1.48. The largest absolute Gasteiger partial charge is 0.479 e. The highest BCUT2D eigenvalue weighted by Crippen LogP contribution is 2.36. The van der Waals surface area contributed by atoms with Crippen LogP contribution in [0.25, 0.3) is 0 Å². The molecule has 1 aliphatic rings. The van der Waals surface area contributed by atoms with Gasteiger partial charge in [-0.15, -0.1) is 0 Å². The lowest BCUT2D eigenvalue weighted by atomic mass is 10.1. The highest BCUT2D eigenvalue weighted by Gasteiger charge is 2.31. The summed E-state index contributed by atoms with van der Waals surface area (Å²) >= 11 is 0. The molecule has 0 spiro atoms. The molecule has 0 radical (unpaired) electrons. The number of fused-ring (bicyclic) bond motifs is 1. The number of hydrogen-bond donors (Lipinski definition) is 2. The van der Waals surface area contributed by atoms with Crippen LogP contribution in [0.3, 0.4) is 0 Å². The highest BCUT2D eigenvalue weighted by molar-refractivity contribution is 6.02. The van der Waals surface area contributed by atoms with E-state index in [-0.39, 0.29) is 11.9 Å². The quantitative estimate of drug-likeness (QED) is 0.652. The summed E-state index contributed by atoms with van der Waals surface area (Å²) in [4.78, 5) is 26.7. The predicted octanol–water partition coefficient (Wildman–Crippen LogP) is 4.69. The fraction of sp³-hybridized carbons (Fsp3) is 0.167. The topological polar surface area (TPSA) is 70.7 Å².